The first-order valence-electron chi connectivity index (χ1n) is 8.73. The average Bonchev–Trinajstić information content (AvgIpc) is 2.68. The van der Waals surface area contributed by atoms with Crippen LogP contribution in [-0.4, -0.2) is 58.0 Å². The first-order chi connectivity index (χ1) is 13.3. The second-order valence-corrected chi connectivity index (χ2v) is 8.35. The van der Waals surface area contributed by atoms with Gasteiger partial charge in [0.2, 0.25) is 10.0 Å². The third-order valence-electron chi connectivity index (χ3n) is 4.70. The van der Waals surface area contributed by atoms with Gasteiger partial charge in [-0.3, -0.25) is 4.90 Å². The fourth-order valence-electron chi connectivity index (χ4n) is 3.19. The molecule has 28 heavy (non-hydrogen) atoms. The summed E-state index contributed by atoms with van der Waals surface area (Å²) >= 11 is 0. The SMILES string of the molecule is COc1ccc(CN2CCN(S(=O)(=O)c3ccc(F)cc3F)CC2)cc1OC. The Bertz CT molecular complexity index is 945. The van der Waals surface area contributed by atoms with E-state index in [2.05, 4.69) is 4.90 Å². The van der Waals surface area contributed by atoms with Gasteiger partial charge < -0.3 is 9.47 Å². The van der Waals surface area contributed by atoms with Crippen LogP contribution in [-0.2, 0) is 16.6 Å². The second-order valence-electron chi connectivity index (χ2n) is 6.44. The van der Waals surface area contributed by atoms with Crippen molar-refractivity contribution >= 4 is 10.0 Å². The van der Waals surface area contributed by atoms with Crippen LogP contribution in [0.15, 0.2) is 41.3 Å². The van der Waals surface area contributed by atoms with Crippen molar-refractivity contribution in [3.8, 4) is 11.5 Å². The molecule has 0 saturated carbocycles. The molecule has 1 fully saturated rings. The molecule has 0 amide bonds. The van der Waals surface area contributed by atoms with Gasteiger partial charge in [0.15, 0.2) is 11.5 Å². The van der Waals surface area contributed by atoms with Crippen LogP contribution in [0.4, 0.5) is 8.78 Å². The van der Waals surface area contributed by atoms with Gasteiger partial charge in [0.1, 0.15) is 16.5 Å². The zero-order valence-corrected chi connectivity index (χ0v) is 16.5. The number of benzene rings is 2. The summed E-state index contributed by atoms with van der Waals surface area (Å²) in [5.41, 5.74) is 1.01. The molecule has 0 aliphatic carbocycles. The van der Waals surface area contributed by atoms with Gasteiger partial charge in [-0.1, -0.05) is 6.07 Å². The lowest BCUT2D eigenvalue weighted by Crippen LogP contribution is -2.48. The summed E-state index contributed by atoms with van der Waals surface area (Å²) in [6.07, 6.45) is 0. The molecule has 1 aliphatic rings. The van der Waals surface area contributed by atoms with Gasteiger partial charge >= 0.3 is 0 Å². The molecule has 2 aromatic carbocycles. The lowest BCUT2D eigenvalue weighted by Gasteiger charge is -2.34. The number of ether oxygens (including phenoxy) is 2. The lowest BCUT2D eigenvalue weighted by molar-refractivity contribution is 0.181. The van der Waals surface area contributed by atoms with Crippen molar-refractivity contribution in [2.24, 2.45) is 0 Å². The lowest BCUT2D eigenvalue weighted by atomic mass is 10.1. The van der Waals surface area contributed by atoms with Gasteiger partial charge in [0.05, 0.1) is 14.2 Å². The van der Waals surface area contributed by atoms with Crippen molar-refractivity contribution in [2.45, 2.75) is 11.4 Å². The van der Waals surface area contributed by atoms with Crippen LogP contribution in [0.2, 0.25) is 0 Å². The minimum Gasteiger partial charge on any atom is -0.493 e. The Kier molecular flexibility index (Phi) is 6.17. The molecule has 0 radical (unpaired) electrons. The summed E-state index contributed by atoms with van der Waals surface area (Å²) in [5.74, 6) is -0.611. The Morgan fingerprint density at radius 1 is 0.929 bits per heavy atom. The van der Waals surface area contributed by atoms with E-state index in [1.807, 2.05) is 18.2 Å². The molecule has 1 aliphatic heterocycles. The van der Waals surface area contributed by atoms with E-state index in [0.717, 1.165) is 17.7 Å². The molecular weight excluding hydrogens is 390 g/mol. The number of nitrogens with zero attached hydrogens (tertiary/aromatic N) is 2. The smallest absolute Gasteiger partial charge is 0.246 e. The number of hydrogen-bond donors (Lipinski definition) is 0. The van der Waals surface area contributed by atoms with E-state index in [-0.39, 0.29) is 13.1 Å². The highest BCUT2D eigenvalue weighted by Gasteiger charge is 2.30. The van der Waals surface area contributed by atoms with E-state index in [1.54, 1.807) is 14.2 Å². The third-order valence-corrected chi connectivity index (χ3v) is 6.63. The zero-order chi connectivity index (χ0) is 20.3. The average molecular weight is 412 g/mol. The van der Waals surface area contributed by atoms with Crippen LogP contribution in [0.25, 0.3) is 0 Å². The van der Waals surface area contributed by atoms with Crippen molar-refractivity contribution in [3.63, 3.8) is 0 Å². The highest BCUT2D eigenvalue weighted by Crippen LogP contribution is 2.28. The molecule has 152 valence electrons. The van der Waals surface area contributed by atoms with E-state index >= 15 is 0 Å². The Morgan fingerprint density at radius 2 is 1.61 bits per heavy atom. The predicted octanol–water partition coefficient (Wildman–Crippen LogP) is 2.49. The van der Waals surface area contributed by atoms with Gasteiger partial charge in [0, 0.05) is 38.8 Å². The molecule has 1 saturated heterocycles. The number of piperazine rings is 1. The first kappa shape index (κ1) is 20.5. The third kappa shape index (κ3) is 4.26. The number of halogens is 2. The van der Waals surface area contributed by atoms with Crippen molar-refractivity contribution in [3.05, 3.63) is 53.6 Å². The Hall–Kier alpha value is -2.23. The van der Waals surface area contributed by atoms with E-state index in [4.69, 9.17) is 9.47 Å². The van der Waals surface area contributed by atoms with Gasteiger partial charge in [-0.25, -0.2) is 17.2 Å². The minimum atomic E-state index is -4.00. The molecule has 0 bridgehead atoms. The van der Waals surface area contributed by atoms with Crippen LogP contribution in [0.5, 0.6) is 11.5 Å². The quantitative estimate of drug-likeness (QED) is 0.730. The fraction of sp³-hybridized carbons (Fsp3) is 0.368. The van der Waals surface area contributed by atoms with Crippen molar-refractivity contribution in [1.82, 2.24) is 9.21 Å². The highest BCUT2D eigenvalue weighted by atomic mass is 32.2. The second kappa shape index (κ2) is 8.42. The van der Waals surface area contributed by atoms with Crippen molar-refractivity contribution < 1.29 is 26.7 Å². The molecule has 9 heteroatoms. The van der Waals surface area contributed by atoms with Crippen molar-refractivity contribution in [2.75, 3.05) is 40.4 Å². The summed E-state index contributed by atoms with van der Waals surface area (Å²) < 4.78 is 64.1. The largest absolute Gasteiger partial charge is 0.493 e. The maximum Gasteiger partial charge on any atom is 0.246 e. The number of rotatable bonds is 6. The van der Waals surface area contributed by atoms with Crippen LogP contribution in [0.3, 0.4) is 0 Å². The van der Waals surface area contributed by atoms with Crippen LogP contribution < -0.4 is 9.47 Å². The summed E-state index contributed by atoms with van der Waals surface area (Å²) in [7, 11) is -0.857. The topological polar surface area (TPSA) is 59.1 Å². The number of sulfonamides is 1. The first-order valence-corrected chi connectivity index (χ1v) is 10.2. The summed E-state index contributed by atoms with van der Waals surface area (Å²) in [6.45, 7) is 2.07. The van der Waals surface area contributed by atoms with Gasteiger partial charge in [0.25, 0.3) is 0 Å². The Morgan fingerprint density at radius 3 is 2.21 bits per heavy atom. The summed E-state index contributed by atoms with van der Waals surface area (Å²) in [5, 5.41) is 0. The molecule has 0 aromatic heterocycles. The summed E-state index contributed by atoms with van der Waals surface area (Å²) in [6, 6.07) is 8.14. The van der Waals surface area contributed by atoms with Gasteiger partial charge in [-0.2, -0.15) is 4.31 Å². The van der Waals surface area contributed by atoms with Gasteiger partial charge in [-0.15, -0.1) is 0 Å². The van der Waals surface area contributed by atoms with E-state index < -0.39 is 26.6 Å². The number of hydrogen-bond acceptors (Lipinski definition) is 5. The molecule has 2 aromatic rings. The molecule has 0 unspecified atom stereocenters. The maximum absolute atomic E-state index is 13.9. The highest BCUT2D eigenvalue weighted by molar-refractivity contribution is 7.89. The van der Waals surface area contributed by atoms with Crippen LogP contribution >= 0.6 is 0 Å². The molecule has 0 atom stereocenters. The molecule has 0 spiro atoms. The molecule has 3 rings (SSSR count). The fourth-order valence-corrected chi connectivity index (χ4v) is 4.66. The molecule has 0 N–H and O–H groups in total. The number of methoxy groups -OCH3 is 2. The minimum absolute atomic E-state index is 0.229. The zero-order valence-electron chi connectivity index (χ0n) is 15.7. The standard InChI is InChI=1S/C19H22F2N2O4S/c1-26-17-5-3-14(11-18(17)27-2)13-22-7-9-23(10-8-22)28(24,25)19-6-4-15(20)12-16(19)21/h3-6,11-12H,7-10,13H2,1-2H3. The molecule has 1 heterocycles. The molecule has 6 nitrogen and oxygen atoms in total. The Balaban J connectivity index is 1.66. The summed E-state index contributed by atoms with van der Waals surface area (Å²) in [4.78, 5) is 1.61. The van der Waals surface area contributed by atoms with Crippen LogP contribution in [0, 0.1) is 11.6 Å². The van der Waals surface area contributed by atoms with Crippen LogP contribution in [0.1, 0.15) is 5.56 Å². The molecular formula is C19H22F2N2O4S. The Labute approximate surface area is 163 Å². The monoisotopic (exact) mass is 412 g/mol. The van der Waals surface area contributed by atoms with E-state index in [9.17, 15) is 17.2 Å². The normalized spacial score (nSPS) is 16.1. The van der Waals surface area contributed by atoms with E-state index in [1.165, 1.54) is 4.31 Å². The maximum atomic E-state index is 13.9. The van der Waals surface area contributed by atoms with Gasteiger partial charge in [-0.05, 0) is 29.8 Å². The van der Waals surface area contributed by atoms with Crippen molar-refractivity contribution in [1.29, 1.82) is 0 Å². The van der Waals surface area contributed by atoms with E-state index in [0.29, 0.717) is 37.2 Å². The predicted molar refractivity (Wildman–Crippen MR) is 99.9 cm³/mol.